The van der Waals surface area contributed by atoms with E-state index in [-0.39, 0.29) is 17.9 Å². The fourth-order valence-corrected chi connectivity index (χ4v) is 3.90. The molecule has 0 saturated carbocycles. The van der Waals surface area contributed by atoms with E-state index < -0.39 is 5.82 Å². The van der Waals surface area contributed by atoms with Gasteiger partial charge < -0.3 is 19.6 Å². The lowest BCUT2D eigenvalue weighted by Crippen LogP contribution is -2.59. The SMILES string of the molecule is Cc1cc(N2CCO[C@@H]3CCN(C)C[C@@H]32)nnc1-c1ccc(F)cc1O. The van der Waals surface area contributed by atoms with Gasteiger partial charge in [0.2, 0.25) is 0 Å². The number of hydrogen-bond acceptors (Lipinski definition) is 6. The zero-order chi connectivity index (χ0) is 18.3. The van der Waals surface area contributed by atoms with Gasteiger partial charge in [-0.05, 0) is 44.2 Å². The van der Waals surface area contributed by atoms with E-state index in [0.717, 1.165) is 43.5 Å². The summed E-state index contributed by atoms with van der Waals surface area (Å²) in [6, 6.07) is 6.19. The molecule has 3 heterocycles. The van der Waals surface area contributed by atoms with Crippen molar-refractivity contribution in [2.75, 3.05) is 38.2 Å². The molecule has 1 aromatic heterocycles. The molecule has 0 radical (unpaired) electrons. The van der Waals surface area contributed by atoms with E-state index in [1.807, 2.05) is 13.0 Å². The lowest BCUT2D eigenvalue weighted by Gasteiger charge is -2.46. The monoisotopic (exact) mass is 358 g/mol. The van der Waals surface area contributed by atoms with Gasteiger partial charge in [-0.2, -0.15) is 0 Å². The Morgan fingerprint density at radius 3 is 2.85 bits per heavy atom. The summed E-state index contributed by atoms with van der Waals surface area (Å²) in [7, 11) is 2.13. The molecule has 2 atom stereocenters. The number of phenolic OH excluding ortho intramolecular Hbond substituents is 1. The molecule has 4 rings (SSSR count). The average molecular weight is 358 g/mol. The number of halogens is 1. The molecule has 2 saturated heterocycles. The maximum absolute atomic E-state index is 13.2. The summed E-state index contributed by atoms with van der Waals surface area (Å²) in [4.78, 5) is 4.59. The first-order valence-electron chi connectivity index (χ1n) is 8.93. The predicted molar refractivity (Wildman–Crippen MR) is 96.8 cm³/mol. The van der Waals surface area contributed by atoms with E-state index in [2.05, 4.69) is 27.0 Å². The van der Waals surface area contributed by atoms with Crippen LogP contribution in [0.4, 0.5) is 10.2 Å². The van der Waals surface area contributed by atoms with E-state index in [1.165, 1.54) is 12.1 Å². The summed E-state index contributed by atoms with van der Waals surface area (Å²) in [5.41, 5.74) is 1.95. The first-order valence-corrected chi connectivity index (χ1v) is 8.93. The number of aryl methyl sites for hydroxylation is 1. The highest BCUT2D eigenvalue weighted by molar-refractivity contribution is 5.70. The van der Waals surface area contributed by atoms with Crippen molar-refractivity contribution in [1.82, 2.24) is 15.1 Å². The largest absolute Gasteiger partial charge is 0.507 e. The summed E-state index contributed by atoms with van der Waals surface area (Å²) >= 11 is 0. The number of phenols is 1. The molecule has 2 aliphatic heterocycles. The van der Waals surface area contributed by atoms with Crippen LogP contribution >= 0.6 is 0 Å². The second-order valence-electron chi connectivity index (χ2n) is 7.12. The van der Waals surface area contributed by atoms with E-state index in [1.54, 1.807) is 0 Å². The molecule has 26 heavy (non-hydrogen) atoms. The normalized spacial score (nSPS) is 23.7. The second kappa shape index (κ2) is 6.81. The molecule has 0 unspecified atom stereocenters. The van der Waals surface area contributed by atoms with Gasteiger partial charge in [0.25, 0.3) is 0 Å². The topological polar surface area (TPSA) is 61.7 Å². The molecule has 1 N–H and O–H groups in total. The Balaban J connectivity index is 1.65. The van der Waals surface area contributed by atoms with Crippen molar-refractivity contribution in [3.8, 4) is 17.0 Å². The van der Waals surface area contributed by atoms with Gasteiger partial charge in [-0.25, -0.2) is 4.39 Å². The Morgan fingerprint density at radius 1 is 1.23 bits per heavy atom. The molecule has 0 spiro atoms. The van der Waals surface area contributed by atoms with Crippen LogP contribution in [-0.4, -0.2) is 65.6 Å². The number of nitrogens with zero attached hydrogens (tertiary/aromatic N) is 4. The van der Waals surface area contributed by atoms with Crippen molar-refractivity contribution in [3.05, 3.63) is 35.6 Å². The summed E-state index contributed by atoms with van der Waals surface area (Å²) in [5.74, 6) is 0.214. The Hall–Kier alpha value is -2.25. The third-order valence-corrected chi connectivity index (χ3v) is 5.27. The number of hydrogen-bond donors (Lipinski definition) is 1. The third kappa shape index (κ3) is 3.12. The summed E-state index contributed by atoms with van der Waals surface area (Å²) in [6.07, 6.45) is 1.24. The lowest BCUT2D eigenvalue weighted by molar-refractivity contribution is -0.0246. The number of ether oxygens (including phenoxy) is 1. The maximum atomic E-state index is 13.2. The Kier molecular flexibility index (Phi) is 4.50. The van der Waals surface area contributed by atoms with Crippen molar-refractivity contribution in [1.29, 1.82) is 0 Å². The zero-order valence-corrected chi connectivity index (χ0v) is 15.0. The van der Waals surface area contributed by atoms with Crippen LogP contribution in [-0.2, 0) is 4.74 Å². The van der Waals surface area contributed by atoms with Gasteiger partial charge in [0.1, 0.15) is 11.6 Å². The smallest absolute Gasteiger partial charge is 0.152 e. The highest BCUT2D eigenvalue weighted by atomic mass is 19.1. The molecule has 2 fully saturated rings. The zero-order valence-electron chi connectivity index (χ0n) is 15.0. The van der Waals surface area contributed by atoms with Gasteiger partial charge in [0, 0.05) is 31.3 Å². The molecule has 2 aromatic rings. The van der Waals surface area contributed by atoms with Crippen LogP contribution < -0.4 is 4.90 Å². The predicted octanol–water partition coefficient (Wildman–Crippen LogP) is 2.21. The molecule has 6 nitrogen and oxygen atoms in total. The number of rotatable bonds is 2. The van der Waals surface area contributed by atoms with Gasteiger partial charge in [-0.3, -0.25) is 0 Å². The maximum Gasteiger partial charge on any atom is 0.152 e. The fraction of sp³-hybridized carbons (Fsp3) is 0.474. The minimum Gasteiger partial charge on any atom is -0.507 e. The first-order chi connectivity index (χ1) is 12.5. The van der Waals surface area contributed by atoms with Gasteiger partial charge >= 0.3 is 0 Å². The van der Waals surface area contributed by atoms with Crippen LogP contribution in [0.1, 0.15) is 12.0 Å². The van der Waals surface area contributed by atoms with E-state index >= 15 is 0 Å². The van der Waals surface area contributed by atoms with Crippen molar-refractivity contribution in [3.63, 3.8) is 0 Å². The number of anilines is 1. The van der Waals surface area contributed by atoms with Crippen LogP contribution in [0.3, 0.4) is 0 Å². The number of likely N-dealkylation sites (tertiary alicyclic amines) is 1. The number of likely N-dealkylation sites (N-methyl/N-ethyl adjacent to an activating group) is 1. The van der Waals surface area contributed by atoms with Crippen LogP contribution in [0.2, 0.25) is 0 Å². The molecule has 2 aliphatic rings. The van der Waals surface area contributed by atoms with Crippen LogP contribution in [0.25, 0.3) is 11.3 Å². The molecule has 1 aromatic carbocycles. The van der Waals surface area contributed by atoms with Crippen LogP contribution in [0.5, 0.6) is 5.75 Å². The van der Waals surface area contributed by atoms with Gasteiger partial charge in [0.05, 0.1) is 24.4 Å². The van der Waals surface area contributed by atoms with Gasteiger partial charge in [0.15, 0.2) is 5.82 Å². The van der Waals surface area contributed by atoms with Crippen molar-refractivity contribution in [2.24, 2.45) is 0 Å². The Labute approximate surface area is 152 Å². The van der Waals surface area contributed by atoms with Crippen molar-refractivity contribution >= 4 is 5.82 Å². The first kappa shape index (κ1) is 17.2. The highest BCUT2D eigenvalue weighted by Gasteiger charge is 2.37. The number of fused-ring (bicyclic) bond motifs is 1. The number of piperidine rings is 1. The number of benzene rings is 1. The molecular weight excluding hydrogens is 335 g/mol. The molecule has 0 amide bonds. The summed E-state index contributed by atoms with van der Waals surface area (Å²) in [5, 5.41) is 18.8. The summed E-state index contributed by atoms with van der Waals surface area (Å²) in [6.45, 7) is 5.38. The van der Waals surface area contributed by atoms with E-state index in [4.69, 9.17) is 4.74 Å². The van der Waals surface area contributed by atoms with Gasteiger partial charge in [-0.15, -0.1) is 10.2 Å². The number of aromatic nitrogens is 2. The molecule has 0 aliphatic carbocycles. The van der Waals surface area contributed by atoms with Crippen molar-refractivity contribution in [2.45, 2.75) is 25.5 Å². The van der Waals surface area contributed by atoms with E-state index in [9.17, 15) is 9.50 Å². The van der Waals surface area contributed by atoms with Crippen LogP contribution in [0.15, 0.2) is 24.3 Å². The molecular formula is C19H23FN4O2. The molecule has 7 heteroatoms. The second-order valence-corrected chi connectivity index (χ2v) is 7.12. The average Bonchev–Trinajstić information content (AvgIpc) is 2.62. The summed E-state index contributed by atoms with van der Waals surface area (Å²) < 4.78 is 19.2. The minimum absolute atomic E-state index is 0.129. The highest BCUT2D eigenvalue weighted by Crippen LogP contribution is 2.32. The standard InChI is InChI=1S/C19H23FN4O2/c1-12-9-18(21-22-19(12)14-4-3-13(20)10-16(14)25)24-7-8-26-17-5-6-23(2)11-15(17)24/h3-4,9-10,15,17,25H,5-8,11H2,1-2H3/t15-,17+/m0/s1. The number of morpholine rings is 1. The molecule has 0 bridgehead atoms. The van der Waals surface area contributed by atoms with Gasteiger partial charge in [-0.1, -0.05) is 0 Å². The Morgan fingerprint density at radius 2 is 2.08 bits per heavy atom. The Bertz CT molecular complexity index is 816. The third-order valence-electron chi connectivity index (χ3n) is 5.27. The minimum atomic E-state index is -0.478. The van der Waals surface area contributed by atoms with E-state index in [0.29, 0.717) is 17.9 Å². The quantitative estimate of drug-likeness (QED) is 0.888. The fourth-order valence-electron chi connectivity index (χ4n) is 3.90. The van der Waals surface area contributed by atoms with Crippen LogP contribution in [0, 0.1) is 12.7 Å². The van der Waals surface area contributed by atoms with Crippen molar-refractivity contribution < 1.29 is 14.2 Å². The molecule has 138 valence electrons. The number of aromatic hydroxyl groups is 1. The lowest BCUT2D eigenvalue weighted by atomic mass is 9.99.